The Balaban J connectivity index is 1.43. The largest absolute Gasteiger partial charge is 0.474 e. The third-order valence-corrected chi connectivity index (χ3v) is 6.31. The molecule has 0 spiro atoms. The molecule has 2 heterocycles. The summed E-state index contributed by atoms with van der Waals surface area (Å²) in [6, 6.07) is 11.4. The summed E-state index contributed by atoms with van der Waals surface area (Å²) >= 11 is 0. The summed E-state index contributed by atoms with van der Waals surface area (Å²) in [7, 11) is 0. The number of aromatic nitrogens is 1. The average molecular weight is 436 g/mol. The van der Waals surface area contributed by atoms with Crippen LogP contribution < -0.4 is 10.1 Å². The Bertz CT molecular complexity index is 953. The van der Waals surface area contributed by atoms with Gasteiger partial charge in [0.2, 0.25) is 17.7 Å². The van der Waals surface area contributed by atoms with Gasteiger partial charge in [-0.25, -0.2) is 4.98 Å². The minimum Gasteiger partial charge on any atom is -0.474 e. The summed E-state index contributed by atoms with van der Waals surface area (Å²) < 4.78 is 5.99. The molecule has 1 unspecified atom stereocenters. The van der Waals surface area contributed by atoms with Gasteiger partial charge in [-0.2, -0.15) is 0 Å². The predicted molar refractivity (Wildman–Crippen MR) is 123 cm³/mol. The van der Waals surface area contributed by atoms with Crippen molar-refractivity contribution in [1.82, 2.24) is 15.2 Å². The number of benzene rings is 1. The molecular weight excluding hydrogens is 402 g/mol. The van der Waals surface area contributed by atoms with Gasteiger partial charge in [0.05, 0.1) is 0 Å². The molecule has 0 saturated heterocycles. The highest BCUT2D eigenvalue weighted by atomic mass is 16.5. The molecule has 6 nitrogen and oxygen atoms in total. The number of nitrogens with one attached hydrogen (secondary N) is 1. The highest BCUT2D eigenvalue weighted by Gasteiger charge is 2.34. The van der Waals surface area contributed by atoms with Crippen LogP contribution in [0.25, 0.3) is 0 Å². The van der Waals surface area contributed by atoms with E-state index in [4.69, 9.17) is 4.74 Å². The SMILES string of the molecule is CC(C)CC(=O)N1Cc2ccccc2CC1C(=O)NCc1ccnc(OC2CCCC2)c1. The van der Waals surface area contributed by atoms with Gasteiger partial charge in [0.1, 0.15) is 12.1 Å². The molecule has 1 saturated carbocycles. The highest BCUT2D eigenvalue weighted by molar-refractivity contribution is 5.88. The van der Waals surface area contributed by atoms with Gasteiger partial charge >= 0.3 is 0 Å². The van der Waals surface area contributed by atoms with Crippen LogP contribution in [-0.4, -0.2) is 33.8 Å². The fourth-order valence-corrected chi connectivity index (χ4v) is 4.59. The summed E-state index contributed by atoms with van der Waals surface area (Å²) in [5, 5.41) is 3.04. The van der Waals surface area contributed by atoms with Crippen LogP contribution in [0.3, 0.4) is 0 Å². The molecule has 2 aliphatic rings. The van der Waals surface area contributed by atoms with E-state index in [1.54, 1.807) is 11.1 Å². The molecule has 2 aromatic rings. The molecule has 1 aliphatic heterocycles. The first kappa shape index (κ1) is 22.3. The minimum atomic E-state index is -0.493. The van der Waals surface area contributed by atoms with E-state index in [0.717, 1.165) is 29.5 Å². The lowest BCUT2D eigenvalue weighted by atomic mass is 9.92. The van der Waals surface area contributed by atoms with E-state index in [1.165, 1.54) is 12.8 Å². The second-order valence-corrected chi connectivity index (χ2v) is 9.35. The third kappa shape index (κ3) is 5.47. The van der Waals surface area contributed by atoms with Crippen molar-refractivity contribution in [2.24, 2.45) is 5.92 Å². The van der Waals surface area contributed by atoms with Crippen LogP contribution in [0.15, 0.2) is 42.6 Å². The Morgan fingerprint density at radius 3 is 2.66 bits per heavy atom. The monoisotopic (exact) mass is 435 g/mol. The molecule has 0 bridgehead atoms. The highest BCUT2D eigenvalue weighted by Crippen LogP contribution is 2.26. The maximum Gasteiger partial charge on any atom is 0.243 e. The second-order valence-electron chi connectivity index (χ2n) is 9.35. The molecule has 6 heteroatoms. The van der Waals surface area contributed by atoms with Crippen LogP contribution in [-0.2, 0) is 29.1 Å². The van der Waals surface area contributed by atoms with E-state index >= 15 is 0 Å². The van der Waals surface area contributed by atoms with Crippen molar-refractivity contribution >= 4 is 11.8 Å². The van der Waals surface area contributed by atoms with Crippen LogP contribution in [0, 0.1) is 5.92 Å². The van der Waals surface area contributed by atoms with Gasteiger partial charge in [-0.3, -0.25) is 9.59 Å². The fourth-order valence-electron chi connectivity index (χ4n) is 4.59. The molecule has 1 fully saturated rings. The van der Waals surface area contributed by atoms with Crippen molar-refractivity contribution in [3.63, 3.8) is 0 Å². The van der Waals surface area contributed by atoms with Crippen molar-refractivity contribution in [3.8, 4) is 5.88 Å². The topological polar surface area (TPSA) is 71.5 Å². The lowest BCUT2D eigenvalue weighted by Crippen LogP contribution is -2.52. The standard InChI is InChI=1S/C26H33N3O3/c1-18(2)13-25(30)29-17-21-8-4-3-7-20(21)15-23(29)26(31)28-16-19-11-12-27-24(14-19)32-22-9-5-6-10-22/h3-4,7-8,11-12,14,18,22-23H,5-6,9-10,13,15-17H2,1-2H3,(H,28,31). The summed E-state index contributed by atoms with van der Waals surface area (Å²) in [5.41, 5.74) is 3.20. The lowest BCUT2D eigenvalue weighted by molar-refractivity contribution is -0.142. The van der Waals surface area contributed by atoms with E-state index in [-0.39, 0.29) is 23.8 Å². The lowest BCUT2D eigenvalue weighted by Gasteiger charge is -2.36. The molecule has 1 atom stereocenters. The van der Waals surface area contributed by atoms with E-state index in [2.05, 4.69) is 16.4 Å². The Hall–Kier alpha value is -2.89. The number of nitrogens with zero attached hydrogens (tertiary/aromatic N) is 2. The first-order valence-corrected chi connectivity index (χ1v) is 11.7. The van der Waals surface area contributed by atoms with Crippen LogP contribution in [0.1, 0.15) is 62.6 Å². The third-order valence-electron chi connectivity index (χ3n) is 6.31. The first-order chi connectivity index (χ1) is 15.5. The van der Waals surface area contributed by atoms with Gasteiger partial charge in [0.15, 0.2) is 0 Å². The molecule has 0 radical (unpaired) electrons. The minimum absolute atomic E-state index is 0.0332. The summed E-state index contributed by atoms with van der Waals surface area (Å²) in [5.74, 6) is 0.778. The molecule has 1 aromatic carbocycles. The first-order valence-electron chi connectivity index (χ1n) is 11.7. The van der Waals surface area contributed by atoms with Crippen LogP contribution in [0.4, 0.5) is 0 Å². The molecule has 4 rings (SSSR count). The Morgan fingerprint density at radius 2 is 1.91 bits per heavy atom. The van der Waals surface area contributed by atoms with Crippen molar-refractivity contribution in [1.29, 1.82) is 0 Å². The number of amides is 2. The Morgan fingerprint density at radius 1 is 1.16 bits per heavy atom. The summed E-state index contributed by atoms with van der Waals surface area (Å²) in [6.07, 6.45) is 7.51. The Labute approximate surface area is 190 Å². The smallest absolute Gasteiger partial charge is 0.243 e. The number of carbonyl (C=O) groups is 2. The predicted octanol–water partition coefficient (Wildman–Crippen LogP) is 4.02. The number of hydrogen-bond donors (Lipinski definition) is 1. The molecule has 170 valence electrons. The van der Waals surface area contributed by atoms with Crippen molar-refractivity contribution < 1.29 is 14.3 Å². The summed E-state index contributed by atoms with van der Waals surface area (Å²) in [6.45, 7) is 4.92. The van der Waals surface area contributed by atoms with Crippen LogP contribution >= 0.6 is 0 Å². The van der Waals surface area contributed by atoms with Crippen LogP contribution in [0.5, 0.6) is 5.88 Å². The molecule has 1 aliphatic carbocycles. The zero-order valence-electron chi connectivity index (χ0n) is 19.0. The zero-order valence-corrected chi connectivity index (χ0v) is 19.0. The van der Waals surface area contributed by atoms with Gasteiger partial charge in [-0.05, 0) is 54.4 Å². The maximum absolute atomic E-state index is 13.2. The number of ether oxygens (including phenoxy) is 1. The van der Waals surface area contributed by atoms with Gasteiger partial charge in [0, 0.05) is 38.2 Å². The number of pyridine rings is 1. The number of rotatable bonds is 7. The van der Waals surface area contributed by atoms with Crippen molar-refractivity contribution in [3.05, 3.63) is 59.3 Å². The molecular formula is C26H33N3O3. The van der Waals surface area contributed by atoms with E-state index in [1.807, 2.05) is 44.2 Å². The van der Waals surface area contributed by atoms with E-state index in [0.29, 0.717) is 31.8 Å². The van der Waals surface area contributed by atoms with Gasteiger partial charge in [0.25, 0.3) is 0 Å². The van der Waals surface area contributed by atoms with Gasteiger partial charge in [-0.15, -0.1) is 0 Å². The molecule has 2 amide bonds. The van der Waals surface area contributed by atoms with E-state index in [9.17, 15) is 9.59 Å². The van der Waals surface area contributed by atoms with Crippen molar-refractivity contribution in [2.75, 3.05) is 0 Å². The average Bonchev–Trinajstić information content (AvgIpc) is 3.29. The molecule has 32 heavy (non-hydrogen) atoms. The second kappa shape index (κ2) is 10.2. The molecule has 1 aromatic heterocycles. The fraction of sp³-hybridized carbons (Fsp3) is 0.500. The molecule has 1 N–H and O–H groups in total. The Kier molecular flexibility index (Phi) is 7.08. The van der Waals surface area contributed by atoms with Crippen LogP contribution in [0.2, 0.25) is 0 Å². The number of carbonyl (C=O) groups excluding carboxylic acids is 2. The summed E-state index contributed by atoms with van der Waals surface area (Å²) in [4.78, 5) is 32.2. The number of hydrogen-bond acceptors (Lipinski definition) is 4. The van der Waals surface area contributed by atoms with E-state index < -0.39 is 6.04 Å². The maximum atomic E-state index is 13.2. The zero-order chi connectivity index (χ0) is 22.5. The van der Waals surface area contributed by atoms with Gasteiger partial charge < -0.3 is 15.0 Å². The normalized spacial score (nSPS) is 18.5. The number of fused-ring (bicyclic) bond motifs is 1. The van der Waals surface area contributed by atoms with Gasteiger partial charge in [-0.1, -0.05) is 38.1 Å². The van der Waals surface area contributed by atoms with Crippen molar-refractivity contribution in [2.45, 2.75) is 77.6 Å². The quantitative estimate of drug-likeness (QED) is 0.713.